The number of anilines is 1. The molecule has 1 aromatic heterocycles. The summed E-state index contributed by atoms with van der Waals surface area (Å²) >= 11 is 0. The van der Waals surface area contributed by atoms with E-state index in [4.69, 9.17) is 9.47 Å². The van der Waals surface area contributed by atoms with Crippen LogP contribution in [0.5, 0.6) is 0 Å². The molecule has 0 aliphatic rings. The van der Waals surface area contributed by atoms with Gasteiger partial charge in [0.2, 0.25) is 5.95 Å². The van der Waals surface area contributed by atoms with Gasteiger partial charge in [-0.05, 0) is 61.6 Å². The minimum atomic E-state index is 0.202. The van der Waals surface area contributed by atoms with Crippen molar-refractivity contribution in [1.29, 1.82) is 0 Å². The van der Waals surface area contributed by atoms with Gasteiger partial charge in [-0.3, -0.25) is 0 Å². The summed E-state index contributed by atoms with van der Waals surface area (Å²) in [6.45, 7) is 13.2. The molecule has 0 amide bonds. The molecular formula is C27H35N3O2. The molecule has 2 aromatic rings. The number of hydrogen-bond donors (Lipinski definition) is 1. The molecule has 0 atom stereocenters. The van der Waals surface area contributed by atoms with E-state index in [9.17, 15) is 0 Å². The van der Waals surface area contributed by atoms with Crippen LogP contribution in [0.15, 0.2) is 89.4 Å². The van der Waals surface area contributed by atoms with Gasteiger partial charge in [0.15, 0.2) is 6.79 Å². The fourth-order valence-corrected chi connectivity index (χ4v) is 3.15. The summed E-state index contributed by atoms with van der Waals surface area (Å²) in [5, 5.41) is 3.41. The summed E-state index contributed by atoms with van der Waals surface area (Å²) < 4.78 is 10.6. The Labute approximate surface area is 192 Å². The lowest BCUT2D eigenvalue weighted by Crippen LogP contribution is -2.10. The smallest absolute Gasteiger partial charge is 0.223 e. The van der Waals surface area contributed by atoms with Gasteiger partial charge in [0.1, 0.15) is 5.76 Å². The number of hydrogen-bond acceptors (Lipinski definition) is 5. The second kappa shape index (κ2) is 13.3. The highest BCUT2D eigenvalue weighted by molar-refractivity contribution is 5.59. The quantitative estimate of drug-likeness (QED) is 0.229. The maximum Gasteiger partial charge on any atom is 0.223 e. The molecule has 0 aliphatic carbocycles. The van der Waals surface area contributed by atoms with Crippen molar-refractivity contribution in [2.45, 2.75) is 40.5 Å². The van der Waals surface area contributed by atoms with Gasteiger partial charge >= 0.3 is 0 Å². The molecular weight excluding hydrogens is 398 g/mol. The average molecular weight is 434 g/mol. The van der Waals surface area contributed by atoms with Gasteiger partial charge in [-0.2, -0.15) is 0 Å². The number of nitrogens with one attached hydrogen (secondary N) is 1. The molecule has 0 radical (unpaired) electrons. The summed E-state index contributed by atoms with van der Waals surface area (Å²) in [5.74, 6) is 1.35. The number of allylic oxidation sites excluding steroid dienone is 5. The van der Waals surface area contributed by atoms with Crippen LogP contribution in [-0.2, 0) is 9.47 Å². The molecule has 1 N–H and O–H groups in total. The lowest BCUT2D eigenvalue weighted by atomic mass is 9.98. The molecule has 1 aromatic carbocycles. The first-order valence-corrected chi connectivity index (χ1v) is 10.9. The number of benzene rings is 1. The van der Waals surface area contributed by atoms with Crippen molar-refractivity contribution < 1.29 is 9.47 Å². The molecule has 0 fully saturated rings. The van der Waals surface area contributed by atoms with E-state index in [1.54, 1.807) is 13.3 Å². The summed E-state index contributed by atoms with van der Waals surface area (Å²) in [7, 11) is 1.60. The zero-order valence-electron chi connectivity index (χ0n) is 19.9. The van der Waals surface area contributed by atoms with Crippen LogP contribution in [0.2, 0.25) is 0 Å². The monoisotopic (exact) mass is 433 g/mol. The lowest BCUT2D eigenvalue weighted by Gasteiger charge is -2.14. The average Bonchev–Trinajstić information content (AvgIpc) is 2.81. The Balaban J connectivity index is 2.18. The molecule has 1 heterocycles. The Kier molecular flexibility index (Phi) is 10.4. The van der Waals surface area contributed by atoms with Crippen LogP contribution in [0.1, 0.15) is 40.5 Å². The molecule has 0 saturated carbocycles. The first-order chi connectivity index (χ1) is 15.5. The third kappa shape index (κ3) is 7.82. The Morgan fingerprint density at radius 3 is 2.50 bits per heavy atom. The maximum atomic E-state index is 5.59. The minimum absolute atomic E-state index is 0.202. The van der Waals surface area contributed by atoms with E-state index in [0.29, 0.717) is 12.5 Å². The van der Waals surface area contributed by atoms with E-state index < -0.39 is 0 Å². The fourth-order valence-electron chi connectivity index (χ4n) is 3.15. The predicted octanol–water partition coefficient (Wildman–Crippen LogP) is 6.70. The van der Waals surface area contributed by atoms with Gasteiger partial charge in [0.05, 0.1) is 5.69 Å². The van der Waals surface area contributed by atoms with E-state index in [-0.39, 0.29) is 6.79 Å². The summed E-state index contributed by atoms with van der Waals surface area (Å²) in [4.78, 5) is 9.08. The number of ether oxygens (including phenoxy) is 2. The molecule has 170 valence electrons. The van der Waals surface area contributed by atoms with Crippen molar-refractivity contribution in [2.24, 2.45) is 0 Å². The number of rotatable bonds is 12. The van der Waals surface area contributed by atoms with Gasteiger partial charge in [-0.1, -0.05) is 56.3 Å². The van der Waals surface area contributed by atoms with Gasteiger partial charge in [0.25, 0.3) is 0 Å². The van der Waals surface area contributed by atoms with Gasteiger partial charge in [-0.15, -0.1) is 0 Å². The summed E-state index contributed by atoms with van der Waals surface area (Å²) in [6, 6.07) is 12.1. The first-order valence-electron chi connectivity index (χ1n) is 10.9. The molecule has 5 nitrogen and oxygen atoms in total. The van der Waals surface area contributed by atoms with Crippen molar-refractivity contribution in [3.8, 4) is 11.3 Å². The number of methoxy groups -OCH3 is 1. The van der Waals surface area contributed by atoms with Crippen molar-refractivity contribution in [2.75, 3.05) is 25.8 Å². The van der Waals surface area contributed by atoms with Crippen molar-refractivity contribution in [3.63, 3.8) is 0 Å². The topological polar surface area (TPSA) is 56.3 Å². The molecule has 0 spiro atoms. The molecule has 32 heavy (non-hydrogen) atoms. The van der Waals surface area contributed by atoms with Crippen LogP contribution in [0.4, 0.5) is 5.95 Å². The summed E-state index contributed by atoms with van der Waals surface area (Å²) in [6.07, 6.45) is 7.87. The lowest BCUT2D eigenvalue weighted by molar-refractivity contribution is 0.00865. The SMILES string of the molecule is C=C(C)\C(=C/C=C(C)/C(C)=C(/CCC)CNc1nccc(-c2ccccc2)n1)OCOC. The van der Waals surface area contributed by atoms with Gasteiger partial charge < -0.3 is 14.8 Å². The highest BCUT2D eigenvalue weighted by Crippen LogP contribution is 2.21. The Morgan fingerprint density at radius 1 is 1.09 bits per heavy atom. The largest absolute Gasteiger partial charge is 0.467 e. The van der Waals surface area contributed by atoms with Gasteiger partial charge in [0, 0.05) is 25.4 Å². The van der Waals surface area contributed by atoms with Crippen LogP contribution >= 0.6 is 0 Å². The zero-order valence-corrected chi connectivity index (χ0v) is 19.9. The van der Waals surface area contributed by atoms with Crippen molar-refractivity contribution in [1.82, 2.24) is 9.97 Å². The third-order valence-corrected chi connectivity index (χ3v) is 5.10. The zero-order chi connectivity index (χ0) is 23.3. The molecule has 0 saturated heterocycles. The second-order valence-electron chi connectivity index (χ2n) is 7.68. The highest BCUT2D eigenvalue weighted by Gasteiger charge is 2.07. The van der Waals surface area contributed by atoms with Crippen LogP contribution in [0.25, 0.3) is 11.3 Å². The second-order valence-corrected chi connectivity index (χ2v) is 7.68. The highest BCUT2D eigenvalue weighted by atomic mass is 16.7. The van der Waals surface area contributed by atoms with E-state index in [1.807, 2.05) is 37.3 Å². The minimum Gasteiger partial charge on any atom is -0.467 e. The molecule has 0 bridgehead atoms. The van der Waals surface area contributed by atoms with Crippen LogP contribution in [0, 0.1) is 0 Å². The standard InChI is InChI=1S/C27H35N3O2/c1-7-11-24(22(5)21(4)14-15-26(20(2)3)32-19-31-6)18-29-27-28-17-16-25(30-27)23-12-9-8-10-13-23/h8-10,12-17H,2,7,11,18-19H2,1,3-6H3,(H,28,29,30)/b21-14+,24-22-,26-15+. The van der Waals surface area contributed by atoms with E-state index in [1.165, 1.54) is 16.7 Å². The van der Waals surface area contributed by atoms with E-state index in [2.05, 4.69) is 60.8 Å². The Morgan fingerprint density at radius 2 is 1.84 bits per heavy atom. The van der Waals surface area contributed by atoms with E-state index in [0.717, 1.165) is 35.4 Å². The molecule has 0 aliphatic heterocycles. The number of nitrogens with zero attached hydrogens (tertiary/aromatic N) is 2. The van der Waals surface area contributed by atoms with Crippen molar-refractivity contribution in [3.05, 3.63) is 89.4 Å². The first kappa shape index (κ1) is 25.1. The molecule has 0 unspecified atom stereocenters. The van der Waals surface area contributed by atoms with Crippen molar-refractivity contribution >= 4 is 5.95 Å². The Bertz CT molecular complexity index is 975. The predicted molar refractivity (Wildman–Crippen MR) is 133 cm³/mol. The van der Waals surface area contributed by atoms with Crippen LogP contribution in [0.3, 0.4) is 0 Å². The fraction of sp³-hybridized carbons (Fsp3) is 0.333. The summed E-state index contributed by atoms with van der Waals surface area (Å²) in [5.41, 5.74) is 6.60. The Hall–Kier alpha value is -3.18. The van der Waals surface area contributed by atoms with Gasteiger partial charge in [-0.25, -0.2) is 9.97 Å². The van der Waals surface area contributed by atoms with Crippen LogP contribution in [-0.4, -0.2) is 30.4 Å². The normalized spacial score (nSPS) is 12.9. The number of aromatic nitrogens is 2. The van der Waals surface area contributed by atoms with Crippen LogP contribution < -0.4 is 5.32 Å². The van der Waals surface area contributed by atoms with E-state index >= 15 is 0 Å². The maximum absolute atomic E-state index is 5.59. The molecule has 5 heteroatoms. The third-order valence-electron chi connectivity index (χ3n) is 5.10. The molecule has 2 rings (SSSR count).